The molecule has 0 aromatic carbocycles. The molecule has 0 unspecified atom stereocenters. The normalized spacial score (nSPS) is 11.7. The number of amides is 1. The van der Waals surface area contributed by atoms with Gasteiger partial charge in [0, 0.05) is 13.2 Å². The fourth-order valence-corrected chi connectivity index (χ4v) is 2.33. The monoisotopic (exact) mass is 339 g/mol. The highest BCUT2D eigenvalue weighted by atomic mass is 79.9. The van der Waals surface area contributed by atoms with Crippen LogP contribution in [0.3, 0.4) is 0 Å². The molecule has 2 aromatic heterocycles. The lowest BCUT2D eigenvalue weighted by Crippen LogP contribution is -2.45. The molecule has 2 rings (SSSR count). The number of aromatic nitrogens is 2. The van der Waals surface area contributed by atoms with Crippen LogP contribution in [-0.2, 0) is 16.9 Å². The van der Waals surface area contributed by atoms with Crippen LogP contribution in [0.4, 0.5) is 0 Å². The van der Waals surface area contributed by atoms with Gasteiger partial charge < -0.3 is 9.32 Å². The molecule has 6 heteroatoms. The third-order valence-corrected chi connectivity index (χ3v) is 3.59. The molecule has 0 aliphatic carbocycles. The van der Waals surface area contributed by atoms with Crippen molar-refractivity contribution < 1.29 is 9.21 Å². The first-order valence-corrected chi connectivity index (χ1v) is 7.11. The zero-order chi connectivity index (χ0) is 14.9. The van der Waals surface area contributed by atoms with Gasteiger partial charge in [-0.3, -0.25) is 9.48 Å². The first-order chi connectivity index (χ1) is 9.30. The first-order valence-electron chi connectivity index (χ1n) is 6.32. The number of hydrogen-bond acceptors (Lipinski definition) is 3. The molecule has 1 amide bonds. The number of furan rings is 1. The van der Waals surface area contributed by atoms with Crippen molar-refractivity contribution in [3.63, 3.8) is 0 Å². The number of likely N-dealkylation sites (N-methyl/N-ethyl adjacent to an activating group) is 1. The SMILES string of the molecule is Cc1ccc(CN(C)C(=O)C(C)(C)n2cc(Br)cn2)o1. The Balaban J connectivity index is 2.13. The third kappa shape index (κ3) is 2.95. The van der Waals surface area contributed by atoms with Crippen molar-refractivity contribution in [3.05, 3.63) is 40.5 Å². The quantitative estimate of drug-likeness (QED) is 0.860. The van der Waals surface area contributed by atoms with Gasteiger partial charge in [-0.05, 0) is 48.8 Å². The fraction of sp³-hybridized carbons (Fsp3) is 0.429. The maximum atomic E-state index is 12.6. The van der Waals surface area contributed by atoms with Crippen molar-refractivity contribution in [2.75, 3.05) is 7.05 Å². The number of nitrogens with zero attached hydrogens (tertiary/aromatic N) is 3. The zero-order valence-corrected chi connectivity index (χ0v) is 13.6. The highest BCUT2D eigenvalue weighted by molar-refractivity contribution is 9.10. The first kappa shape index (κ1) is 14.8. The molecule has 2 aromatic rings. The van der Waals surface area contributed by atoms with Crippen LogP contribution in [0.5, 0.6) is 0 Å². The van der Waals surface area contributed by atoms with Crippen molar-refractivity contribution in [3.8, 4) is 0 Å². The van der Waals surface area contributed by atoms with Crippen LogP contribution < -0.4 is 0 Å². The van der Waals surface area contributed by atoms with E-state index in [1.54, 1.807) is 29.0 Å². The number of carbonyl (C=O) groups excluding carboxylic acids is 1. The number of hydrogen-bond donors (Lipinski definition) is 0. The van der Waals surface area contributed by atoms with E-state index in [1.165, 1.54) is 0 Å². The number of carbonyl (C=O) groups is 1. The molecule has 0 atom stereocenters. The minimum absolute atomic E-state index is 0.0258. The van der Waals surface area contributed by atoms with Gasteiger partial charge in [0.25, 0.3) is 0 Å². The van der Waals surface area contributed by atoms with Crippen molar-refractivity contribution >= 4 is 21.8 Å². The van der Waals surface area contributed by atoms with Gasteiger partial charge in [-0.2, -0.15) is 5.10 Å². The Labute approximate surface area is 126 Å². The molecule has 0 N–H and O–H groups in total. The lowest BCUT2D eigenvalue weighted by molar-refractivity contribution is -0.139. The van der Waals surface area contributed by atoms with E-state index in [0.717, 1.165) is 16.0 Å². The van der Waals surface area contributed by atoms with Crippen LogP contribution in [0.15, 0.2) is 33.4 Å². The predicted molar refractivity (Wildman–Crippen MR) is 79.2 cm³/mol. The van der Waals surface area contributed by atoms with Crippen molar-refractivity contribution in [2.24, 2.45) is 0 Å². The predicted octanol–water partition coefficient (Wildman–Crippen LogP) is 2.94. The van der Waals surface area contributed by atoms with E-state index in [4.69, 9.17) is 4.42 Å². The van der Waals surface area contributed by atoms with Gasteiger partial charge in [0.1, 0.15) is 17.1 Å². The summed E-state index contributed by atoms with van der Waals surface area (Å²) in [5.41, 5.74) is -0.748. The molecular formula is C14H18BrN3O2. The Morgan fingerprint density at radius 3 is 2.70 bits per heavy atom. The summed E-state index contributed by atoms with van der Waals surface area (Å²) in [6.45, 7) is 6.02. The Hall–Kier alpha value is -1.56. The van der Waals surface area contributed by atoms with Gasteiger partial charge in [0.05, 0.1) is 17.2 Å². The summed E-state index contributed by atoms with van der Waals surface area (Å²) >= 11 is 3.34. The van der Waals surface area contributed by atoms with Crippen LogP contribution in [0.25, 0.3) is 0 Å². The summed E-state index contributed by atoms with van der Waals surface area (Å²) in [4.78, 5) is 14.2. The molecule has 5 nitrogen and oxygen atoms in total. The number of rotatable bonds is 4. The molecular weight excluding hydrogens is 322 g/mol. The number of halogens is 1. The standard InChI is InChI=1S/C14H18BrN3O2/c1-10-5-6-12(20-10)9-17(4)13(19)14(2,3)18-8-11(15)7-16-18/h5-8H,9H2,1-4H3. The van der Waals surface area contributed by atoms with Gasteiger partial charge >= 0.3 is 0 Å². The largest absolute Gasteiger partial charge is 0.464 e. The average molecular weight is 340 g/mol. The van der Waals surface area contributed by atoms with E-state index in [9.17, 15) is 4.79 Å². The lowest BCUT2D eigenvalue weighted by atomic mass is 10.0. The summed E-state index contributed by atoms with van der Waals surface area (Å²) in [7, 11) is 1.76. The van der Waals surface area contributed by atoms with Gasteiger partial charge in [-0.25, -0.2) is 0 Å². The van der Waals surface area contributed by atoms with E-state index in [2.05, 4.69) is 21.0 Å². The summed E-state index contributed by atoms with van der Waals surface area (Å²) in [5.74, 6) is 1.59. The van der Waals surface area contributed by atoms with E-state index < -0.39 is 5.54 Å². The van der Waals surface area contributed by atoms with Gasteiger partial charge in [-0.15, -0.1) is 0 Å². The molecule has 0 aliphatic heterocycles. The maximum Gasteiger partial charge on any atom is 0.250 e. The topological polar surface area (TPSA) is 51.3 Å². The zero-order valence-electron chi connectivity index (χ0n) is 12.1. The molecule has 0 aliphatic rings. The lowest BCUT2D eigenvalue weighted by Gasteiger charge is -2.29. The molecule has 0 spiro atoms. The van der Waals surface area contributed by atoms with E-state index in [0.29, 0.717) is 6.54 Å². The highest BCUT2D eigenvalue weighted by Gasteiger charge is 2.33. The minimum atomic E-state index is -0.748. The van der Waals surface area contributed by atoms with Gasteiger partial charge in [0.2, 0.25) is 5.91 Å². The van der Waals surface area contributed by atoms with Gasteiger partial charge in [0.15, 0.2) is 0 Å². The van der Waals surface area contributed by atoms with Crippen molar-refractivity contribution in [2.45, 2.75) is 32.9 Å². The van der Waals surface area contributed by atoms with Gasteiger partial charge in [-0.1, -0.05) is 0 Å². The van der Waals surface area contributed by atoms with Crippen molar-refractivity contribution in [1.29, 1.82) is 0 Å². The van der Waals surface area contributed by atoms with E-state index in [-0.39, 0.29) is 5.91 Å². The molecule has 0 fully saturated rings. The Kier molecular flexibility index (Phi) is 4.04. The highest BCUT2D eigenvalue weighted by Crippen LogP contribution is 2.21. The summed E-state index contributed by atoms with van der Waals surface area (Å²) in [5, 5.41) is 4.20. The average Bonchev–Trinajstić information content (AvgIpc) is 2.97. The molecule has 0 radical (unpaired) electrons. The van der Waals surface area contributed by atoms with Crippen LogP contribution in [0, 0.1) is 6.92 Å². The molecule has 20 heavy (non-hydrogen) atoms. The van der Waals surface area contributed by atoms with Crippen LogP contribution in [0.2, 0.25) is 0 Å². The molecule has 108 valence electrons. The van der Waals surface area contributed by atoms with E-state index in [1.807, 2.05) is 32.9 Å². The van der Waals surface area contributed by atoms with Crippen molar-refractivity contribution in [1.82, 2.24) is 14.7 Å². The molecule has 2 heterocycles. The third-order valence-electron chi connectivity index (χ3n) is 3.18. The minimum Gasteiger partial charge on any atom is -0.464 e. The maximum absolute atomic E-state index is 12.6. The second-order valence-corrected chi connectivity index (χ2v) is 6.25. The summed E-state index contributed by atoms with van der Waals surface area (Å²) < 4.78 is 8.01. The Morgan fingerprint density at radius 1 is 1.50 bits per heavy atom. The van der Waals surface area contributed by atoms with Crippen LogP contribution >= 0.6 is 15.9 Å². The Morgan fingerprint density at radius 2 is 2.20 bits per heavy atom. The second kappa shape index (κ2) is 5.44. The molecule has 0 bridgehead atoms. The van der Waals surface area contributed by atoms with Crippen LogP contribution in [0.1, 0.15) is 25.4 Å². The summed E-state index contributed by atoms with van der Waals surface area (Å²) in [6, 6.07) is 3.78. The number of aryl methyl sites for hydroxylation is 1. The Bertz CT molecular complexity index is 615. The molecule has 0 saturated heterocycles. The smallest absolute Gasteiger partial charge is 0.250 e. The molecule has 0 saturated carbocycles. The summed E-state index contributed by atoms with van der Waals surface area (Å²) in [6.07, 6.45) is 3.47. The van der Waals surface area contributed by atoms with Crippen LogP contribution in [-0.4, -0.2) is 27.6 Å². The van der Waals surface area contributed by atoms with E-state index >= 15 is 0 Å². The fourth-order valence-electron chi connectivity index (χ4n) is 2.05. The second-order valence-electron chi connectivity index (χ2n) is 5.34.